The second-order valence-electron chi connectivity index (χ2n) is 5.72. The first-order valence-corrected chi connectivity index (χ1v) is 7.59. The predicted molar refractivity (Wildman–Crippen MR) is 80.9 cm³/mol. The zero-order chi connectivity index (χ0) is 15.8. The van der Waals surface area contributed by atoms with Gasteiger partial charge in [0.15, 0.2) is 5.76 Å². The maximum absolute atomic E-state index is 13.5. The topological polar surface area (TPSA) is 55.3 Å². The number of hydrogen-bond acceptors (Lipinski definition) is 5. The number of aromatic nitrogens is 2. The van der Waals surface area contributed by atoms with E-state index in [9.17, 15) is 4.39 Å². The van der Waals surface area contributed by atoms with E-state index in [-0.39, 0.29) is 11.9 Å². The summed E-state index contributed by atoms with van der Waals surface area (Å²) in [6.45, 7) is 3.48. The van der Waals surface area contributed by atoms with Gasteiger partial charge in [0, 0.05) is 12.6 Å². The maximum Gasteiger partial charge on any atom is 0.283 e. The van der Waals surface area contributed by atoms with Gasteiger partial charge >= 0.3 is 0 Å². The van der Waals surface area contributed by atoms with Crippen molar-refractivity contribution in [1.29, 1.82) is 0 Å². The lowest BCUT2D eigenvalue weighted by molar-refractivity contribution is 0.172. The van der Waals surface area contributed by atoms with E-state index >= 15 is 0 Å². The summed E-state index contributed by atoms with van der Waals surface area (Å²) in [5.74, 6) is 1.27. The highest BCUT2D eigenvalue weighted by Gasteiger charge is 2.26. The van der Waals surface area contributed by atoms with Crippen LogP contribution in [-0.4, -0.2) is 21.6 Å². The summed E-state index contributed by atoms with van der Waals surface area (Å²) in [5.41, 5.74) is 2.24. The molecule has 0 unspecified atom stereocenters. The molecule has 0 aliphatic carbocycles. The van der Waals surface area contributed by atoms with Gasteiger partial charge in [0.05, 0.1) is 12.8 Å². The molecule has 1 atom stereocenters. The van der Waals surface area contributed by atoms with Gasteiger partial charge in [-0.1, -0.05) is 6.07 Å². The van der Waals surface area contributed by atoms with Crippen LogP contribution in [-0.2, 0) is 13.0 Å². The van der Waals surface area contributed by atoms with Crippen LogP contribution in [0.2, 0.25) is 0 Å². The van der Waals surface area contributed by atoms with Gasteiger partial charge in [-0.05, 0) is 48.7 Å². The van der Waals surface area contributed by atoms with Gasteiger partial charge in [-0.25, -0.2) is 4.39 Å². The second-order valence-corrected chi connectivity index (χ2v) is 5.72. The van der Waals surface area contributed by atoms with E-state index in [0.717, 1.165) is 18.5 Å². The monoisotopic (exact) mass is 313 g/mol. The van der Waals surface area contributed by atoms with Crippen LogP contribution in [0.25, 0.3) is 11.7 Å². The number of rotatable bonds is 3. The van der Waals surface area contributed by atoms with E-state index in [1.807, 2.05) is 6.07 Å². The number of furan rings is 1. The van der Waals surface area contributed by atoms with Crippen molar-refractivity contribution in [2.24, 2.45) is 0 Å². The van der Waals surface area contributed by atoms with Crippen molar-refractivity contribution in [2.75, 3.05) is 6.54 Å². The number of benzene rings is 1. The van der Waals surface area contributed by atoms with E-state index in [1.165, 1.54) is 11.6 Å². The van der Waals surface area contributed by atoms with Crippen LogP contribution >= 0.6 is 0 Å². The van der Waals surface area contributed by atoms with Crippen LogP contribution in [0.5, 0.6) is 0 Å². The Hall–Kier alpha value is -2.47. The second kappa shape index (κ2) is 5.62. The molecule has 0 radical (unpaired) electrons. The van der Waals surface area contributed by atoms with E-state index < -0.39 is 0 Å². The Morgan fingerprint density at radius 1 is 1.30 bits per heavy atom. The molecule has 118 valence electrons. The SMILES string of the molecule is C[C@@H]1c2cc(F)ccc2CCN1Cc1nnc(-c2ccco2)o1. The van der Waals surface area contributed by atoms with Crippen molar-refractivity contribution >= 4 is 0 Å². The zero-order valence-electron chi connectivity index (χ0n) is 12.7. The molecule has 5 nitrogen and oxygen atoms in total. The van der Waals surface area contributed by atoms with Gasteiger partial charge in [-0.2, -0.15) is 0 Å². The van der Waals surface area contributed by atoms with Gasteiger partial charge in [0.25, 0.3) is 5.89 Å². The quantitative estimate of drug-likeness (QED) is 0.739. The minimum Gasteiger partial charge on any atom is -0.459 e. The van der Waals surface area contributed by atoms with Crippen molar-refractivity contribution in [3.63, 3.8) is 0 Å². The summed E-state index contributed by atoms with van der Waals surface area (Å²) < 4.78 is 24.4. The Balaban J connectivity index is 1.54. The van der Waals surface area contributed by atoms with E-state index in [2.05, 4.69) is 22.0 Å². The minimum atomic E-state index is -0.199. The first-order valence-electron chi connectivity index (χ1n) is 7.59. The highest BCUT2D eigenvalue weighted by molar-refractivity contribution is 5.42. The van der Waals surface area contributed by atoms with Gasteiger partial charge < -0.3 is 8.83 Å². The van der Waals surface area contributed by atoms with Crippen LogP contribution in [0, 0.1) is 5.82 Å². The molecular weight excluding hydrogens is 297 g/mol. The lowest BCUT2D eigenvalue weighted by atomic mass is 9.93. The highest BCUT2D eigenvalue weighted by Crippen LogP contribution is 2.31. The number of fused-ring (bicyclic) bond motifs is 1. The molecule has 6 heteroatoms. The van der Waals surface area contributed by atoms with Crippen LogP contribution < -0.4 is 0 Å². The molecule has 0 fully saturated rings. The first-order chi connectivity index (χ1) is 11.2. The summed E-state index contributed by atoms with van der Waals surface area (Å²) in [4.78, 5) is 2.21. The fourth-order valence-electron chi connectivity index (χ4n) is 3.04. The average Bonchev–Trinajstić information content (AvgIpc) is 3.22. The van der Waals surface area contributed by atoms with E-state index in [4.69, 9.17) is 8.83 Å². The summed E-state index contributed by atoms with van der Waals surface area (Å²) in [6.07, 6.45) is 2.45. The average molecular weight is 313 g/mol. The third-order valence-corrected chi connectivity index (χ3v) is 4.31. The van der Waals surface area contributed by atoms with Crippen LogP contribution in [0.1, 0.15) is 30.0 Å². The molecule has 4 rings (SSSR count). The van der Waals surface area contributed by atoms with Crippen molar-refractivity contribution in [2.45, 2.75) is 25.9 Å². The van der Waals surface area contributed by atoms with E-state index in [1.54, 1.807) is 24.5 Å². The Morgan fingerprint density at radius 3 is 3.04 bits per heavy atom. The fourth-order valence-corrected chi connectivity index (χ4v) is 3.04. The maximum atomic E-state index is 13.5. The number of nitrogens with zero attached hydrogens (tertiary/aromatic N) is 3. The van der Waals surface area contributed by atoms with Crippen molar-refractivity contribution in [3.8, 4) is 11.7 Å². The lowest BCUT2D eigenvalue weighted by Crippen LogP contribution is -2.33. The number of hydrogen-bond donors (Lipinski definition) is 0. The largest absolute Gasteiger partial charge is 0.459 e. The van der Waals surface area contributed by atoms with Crippen LogP contribution in [0.4, 0.5) is 4.39 Å². The molecule has 0 spiro atoms. The predicted octanol–water partition coefficient (Wildman–Crippen LogP) is 3.59. The molecule has 0 saturated heterocycles. The summed E-state index contributed by atoms with van der Waals surface area (Å²) in [5, 5.41) is 8.09. The molecule has 3 heterocycles. The molecule has 0 bridgehead atoms. The lowest BCUT2D eigenvalue weighted by Gasteiger charge is -2.34. The van der Waals surface area contributed by atoms with Crippen LogP contribution in [0.3, 0.4) is 0 Å². The van der Waals surface area contributed by atoms with E-state index in [0.29, 0.717) is 24.1 Å². The summed E-state index contributed by atoms with van der Waals surface area (Å²) in [7, 11) is 0. The van der Waals surface area contributed by atoms with Crippen molar-refractivity contribution in [3.05, 3.63) is 59.4 Å². The minimum absolute atomic E-state index is 0.105. The molecule has 0 amide bonds. The molecule has 1 aromatic carbocycles. The van der Waals surface area contributed by atoms with Gasteiger partial charge in [-0.15, -0.1) is 10.2 Å². The van der Waals surface area contributed by atoms with Crippen molar-refractivity contribution < 1.29 is 13.2 Å². The Bertz CT molecular complexity index is 813. The van der Waals surface area contributed by atoms with Crippen molar-refractivity contribution in [1.82, 2.24) is 15.1 Å². The molecule has 3 aromatic rings. The Morgan fingerprint density at radius 2 is 2.22 bits per heavy atom. The van der Waals surface area contributed by atoms with Gasteiger partial charge in [0.2, 0.25) is 5.89 Å². The Kier molecular flexibility index (Phi) is 3.46. The molecule has 1 aliphatic heterocycles. The molecule has 2 aromatic heterocycles. The summed E-state index contributed by atoms with van der Waals surface area (Å²) in [6, 6.07) is 8.68. The van der Waals surface area contributed by atoms with Gasteiger partial charge in [-0.3, -0.25) is 4.90 Å². The fraction of sp³-hybridized carbons (Fsp3) is 0.294. The normalized spacial score (nSPS) is 18.1. The van der Waals surface area contributed by atoms with Crippen LogP contribution in [0.15, 0.2) is 45.4 Å². The molecule has 0 saturated carbocycles. The zero-order valence-corrected chi connectivity index (χ0v) is 12.7. The molecular formula is C17H16FN3O2. The first kappa shape index (κ1) is 14.1. The van der Waals surface area contributed by atoms with Gasteiger partial charge in [0.1, 0.15) is 5.82 Å². The third-order valence-electron chi connectivity index (χ3n) is 4.31. The Labute approximate surface area is 132 Å². The smallest absolute Gasteiger partial charge is 0.283 e. The standard InChI is InChI=1S/C17H16FN3O2/c1-11-14-9-13(18)5-4-12(14)6-7-21(11)10-16-19-20-17(23-16)15-3-2-8-22-15/h2-5,8-9,11H,6-7,10H2,1H3/t11-/m1/s1. The third kappa shape index (κ3) is 2.66. The number of halogens is 1. The molecule has 1 aliphatic rings. The summed E-state index contributed by atoms with van der Waals surface area (Å²) >= 11 is 0. The molecule has 0 N–H and O–H groups in total. The highest BCUT2D eigenvalue weighted by atomic mass is 19.1. The molecule has 23 heavy (non-hydrogen) atoms.